The molecule has 1 atom stereocenters. The quantitative estimate of drug-likeness (QED) is 0.888. The van der Waals surface area contributed by atoms with E-state index in [-0.39, 0.29) is 12.5 Å². The van der Waals surface area contributed by atoms with Crippen molar-refractivity contribution in [1.29, 1.82) is 0 Å². The van der Waals surface area contributed by atoms with Gasteiger partial charge in [0.05, 0.1) is 6.04 Å². The van der Waals surface area contributed by atoms with E-state index in [0.717, 1.165) is 24.5 Å². The van der Waals surface area contributed by atoms with Crippen LogP contribution >= 0.6 is 0 Å². The molecule has 0 bridgehead atoms. The first-order valence-electron chi connectivity index (χ1n) is 6.95. The Bertz CT molecular complexity index is 463. The first kappa shape index (κ1) is 13.0. The molecule has 2 N–H and O–H groups in total. The second-order valence-electron chi connectivity index (χ2n) is 6.10. The smallest absolute Gasteiger partial charge is 0.254 e. The number of hydrogen-bond donors (Lipinski definition) is 2. The van der Waals surface area contributed by atoms with Gasteiger partial charge in [-0.25, -0.2) is 13.8 Å². The first-order valence-corrected chi connectivity index (χ1v) is 6.95. The van der Waals surface area contributed by atoms with Crippen molar-refractivity contribution in [2.45, 2.75) is 64.0 Å². The van der Waals surface area contributed by atoms with Crippen LogP contribution in [0, 0.1) is 12.3 Å². The summed E-state index contributed by atoms with van der Waals surface area (Å²) in [5, 5.41) is 10.4. The molecule has 0 saturated heterocycles. The van der Waals surface area contributed by atoms with Gasteiger partial charge >= 0.3 is 0 Å². The van der Waals surface area contributed by atoms with E-state index in [1.165, 1.54) is 0 Å². The molecule has 0 amide bonds. The predicted octanol–water partition coefficient (Wildman–Crippen LogP) is 2.73. The van der Waals surface area contributed by atoms with Crippen molar-refractivity contribution in [3.05, 3.63) is 11.6 Å². The number of aryl methyl sites for hydroxylation is 1. The number of nitrogens with one attached hydrogen (secondary N) is 2. The van der Waals surface area contributed by atoms with Crippen molar-refractivity contribution in [2.24, 2.45) is 5.41 Å². The molecular formula is C13H20F2N4. The van der Waals surface area contributed by atoms with Crippen LogP contribution in [0.3, 0.4) is 0 Å². The fourth-order valence-corrected chi connectivity index (χ4v) is 3.24. The summed E-state index contributed by atoms with van der Waals surface area (Å²) in [4.78, 5) is 4.29. The summed E-state index contributed by atoms with van der Waals surface area (Å²) < 4.78 is 26.6. The molecule has 0 aromatic carbocycles. The summed E-state index contributed by atoms with van der Waals surface area (Å²) in [6, 6.07) is 0.361. The predicted molar refractivity (Wildman–Crippen MR) is 66.9 cm³/mol. The molecule has 1 aromatic rings. The Morgan fingerprint density at radius 2 is 2.00 bits per heavy atom. The van der Waals surface area contributed by atoms with Crippen LogP contribution in [-0.4, -0.2) is 27.1 Å². The van der Waals surface area contributed by atoms with Crippen LogP contribution < -0.4 is 5.32 Å². The van der Waals surface area contributed by atoms with E-state index in [0.29, 0.717) is 18.9 Å². The third-order valence-electron chi connectivity index (χ3n) is 4.64. The van der Waals surface area contributed by atoms with Gasteiger partial charge in [0.1, 0.15) is 5.82 Å². The van der Waals surface area contributed by atoms with Crippen LogP contribution in [0.5, 0.6) is 0 Å². The molecule has 106 valence electrons. The zero-order chi connectivity index (χ0) is 13.7. The molecular weight excluding hydrogens is 250 g/mol. The van der Waals surface area contributed by atoms with Gasteiger partial charge in [0, 0.05) is 17.9 Å². The molecule has 1 aromatic heterocycles. The fraction of sp³-hybridized carbons (Fsp3) is 0.846. The summed E-state index contributed by atoms with van der Waals surface area (Å²) in [7, 11) is 0. The van der Waals surface area contributed by atoms with Crippen LogP contribution in [0.1, 0.15) is 56.7 Å². The fourth-order valence-electron chi connectivity index (χ4n) is 3.24. The first-order chi connectivity index (χ1) is 8.92. The Kier molecular flexibility index (Phi) is 2.89. The maximum Gasteiger partial charge on any atom is 0.254 e. The number of aromatic nitrogens is 3. The van der Waals surface area contributed by atoms with Gasteiger partial charge in [-0.2, -0.15) is 5.10 Å². The Morgan fingerprint density at radius 3 is 2.47 bits per heavy atom. The number of halogens is 2. The number of H-pyrrole nitrogens is 1. The molecule has 2 aliphatic rings. The number of rotatable bonds is 3. The lowest BCUT2D eigenvalue weighted by molar-refractivity contribution is 0.0432. The monoisotopic (exact) mass is 270 g/mol. The van der Waals surface area contributed by atoms with Crippen molar-refractivity contribution in [1.82, 2.24) is 20.5 Å². The molecule has 4 nitrogen and oxygen atoms in total. The number of nitrogens with zero attached hydrogens (tertiary/aromatic N) is 2. The third kappa shape index (κ3) is 2.26. The van der Waals surface area contributed by atoms with Crippen LogP contribution in [0.15, 0.2) is 0 Å². The normalized spacial score (nSPS) is 34.4. The summed E-state index contributed by atoms with van der Waals surface area (Å²) in [5.74, 6) is -0.858. The number of hydrogen-bond acceptors (Lipinski definition) is 3. The number of aromatic amines is 1. The summed E-state index contributed by atoms with van der Waals surface area (Å²) in [6.45, 7) is 3.88. The van der Waals surface area contributed by atoms with Crippen molar-refractivity contribution in [3.8, 4) is 0 Å². The third-order valence-corrected chi connectivity index (χ3v) is 4.64. The second kappa shape index (κ2) is 4.23. The van der Waals surface area contributed by atoms with Gasteiger partial charge in [0.15, 0.2) is 5.82 Å². The van der Waals surface area contributed by atoms with E-state index >= 15 is 0 Å². The minimum Gasteiger partial charge on any atom is -0.305 e. The average molecular weight is 270 g/mol. The van der Waals surface area contributed by atoms with Crippen molar-refractivity contribution in [2.75, 3.05) is 0 Å². The van der Waals surface area contributed by atoms with E-state index in [9.17, 15) is 8.78 Å². The van der Waals surface area contributed by atoms with Crippen molar-refractivity contribution < 1.29 is 8.78 Å². The van der Waals surface area contributed by atoms with Gasteiger partial charge < -0.3 is 5.32 Å². The highest BCUT2D eigenvalue weighted by Gasteiger charge is 2.70. The number of alkyl halides is 2. The molecule has 2 saturated carbocycles. The van der Waals surface area contributed by atoms with Gasteiger partial charge in [0.25, 0.3) is 5.92 Å². The second-order valence-corrected chi connectivity index (χ2v) is 6.10. The largest absolute Gasteiger partial charge is 0.305 e. The van der Waals surface area contributed by atoms with Crippen LogP contribution in [0.4, 0.5) is 8.78 Å². The molecule has 1 unspecified atom stereocenters. The molecule has 6 heteroatoms. The molecule has 3 rings (SSSR count). The van der Waals surface area contributed by atoms with Crippen molar-refractivity contribution in [3.63, 3.8) is 0 Å². The minimum atomic E-state index is -2.40. The minimum absolute atomic E-state index is 0.0590. The highest BCUT2D eigenvalue weighted by Crippen LogP contribution is 2.67. The molecule has 0 aliphatic heterocycles. The maximum atomic E-state index is 13.3. The Hall–Kier alpha value is -1.04. The van der Waals surface area contributed by atoms with Crippen LogP contribution in [0.25, 0.3) is 0 Å². The lowest BCUT2D eigenvalue weighted by Crippen LogP contribution is -2.36. The summed E-state index contributed by atoms with van der Waals surface area (Å²) >= 11 is 0. The summed E-state index contributed by atoms with van der Waals surface area (Å²) in [5.41, 5.74) is -0.657. The Morgan fingerprint density at radius 1 is 1.37 bits per heavy atom. The maximum absolute atomic E-state index is 13.3. The molecule has 2 fully saturated rings. The topological polar surface area (TPSA) is 53.6 Å². The zero-order valence-electron chi connectivity index (χ0n) is 11.3. The van der Waals surface area contributed by atoms with Gasteiger partial charge in [-0.3, -0.25) is 5.10 Å². The highest BCUT2D eigenvalue weighted by atomic mass is 19.3. The van der Waals surface area contributed by atoms with E-state index in [4.69, 9.17) is 0 Å². The molecule has 1 heterocycles. The molecule has 0 radical (unpaired) electrons. The van der Waals surface area contributed by atoms with Crippen LogP contribution in [-0.2, 0) is 0 Å². The van der Waals surface area contributed by atoms with Gasteiger partial charge in [-0.15, -0.1) is 0 Å². The lowest BCUT2D eigenvalue weighted by Gasteiger charge is -2.30. The van der Waals surface area contributed by atoms with E-state index in [1.807, 2.05) is 13.8 Å². The highest BCUT2D eigenvalue weighted by molar-refractivity contribution is 5.12. The van der Waals surface area contributed by atoms with Crippen molar-refractivity contribution >= 4 is 0 Å². The zero-order valence-corrected chi connectivity index (χ0v) is 11.3. The van der Waals surface area contributed by atoms with Gasteiger partial charge in [-0.05, 0) is 39.5 Å². The SMILES string of the molecule is Cc1nc(C(C)NC2CCC3(CC2)CC3(F)F)n[nH]1. The van der Waals surface area contributed by atoms with Gasteiger partial charge in [-0.1, -0.05) is 0 Å². The average Bonchev–Trinajstić information content (AvgIpc) is 2.71. The standard InChI is InChI=1S/C13H20F2N4/c1-8(11-17-9(2)18-19-11)16-10-3-5-12(6-4-10)7-13(12,14)15/h8,10,16H,3-7H2,1-2H3,(H,17,18,19). The Labute approximate surface area is 111 Å². The summed E-state index contributed by atoms with van der Waals surface area (Å²) in [6.07, 6.45) is 3.02. The lowest BCUT2D eigenvalue weighted by atomic mass is 9.82. The Balaban J connectivity index is 1.53. The van der Waals surface area contributed by atoms with E-state index in [2.05, 4.69) is 20.5 Å². The van der Waals surface area contributed by atoms with E-state index in [1.54, 1.807) is 0 Å². The molecule has 2 aliphatic carbocycles. The van der Waals surface area contributed by atoms with Crippen LogP contribution in [0.2, 0.25) is 0 Å². The molecule has 1 spiro atoms. The molecule has 19 heavy (non-hydrogen) atoms. The van der Waals surface area contributed by atoms with Gasteiger partial charge in [0.2, 0.25) is 0 Å². The van der Waals surface area contributed by atoms with E-state index < -0.39 is 11.3 Å².